The number of primary sulfonamides is 1. The average Bonchev–Trinajstić information content (AvgIpc) is 2.15. The van der Waals surface area contributed by atoms with Gasteiger partial charge in [0.2, 0.25) is 10.0 Å². The van der Waals surface area contributed by atoms with Crippen LogP contribution >= 0.6 is 0 Å². The second-order valence-electron chi connectivity index (χ2n) is 3.33. The van der Waals surface area contributed by atoms with E-state index in [2.05, 4.69) is 5.32 Å². The van der Waals surface area contributed by atoms with Gasteiger partial charge in [0.25, 0.3) is 0 Å². The minimum absolute atomic E-state index is 0.0688. The Balaban J connectivity index is 2.79. The van der Waals surface area contributed by atoms with Crippen molar-refractivity contribution in [1.29, 1.82) is 0 Å². The standard InChI is InChI=1S/C9H11F3N2O2S/c10-9(11,12)5-6-14-7-3-1-2-4-8(7)17(13,15)16/h1-4,14H,5-6H2,(H2,13,15,16). The molecule has 0 saturated carbocycles. The first-order valence-electron chi connectivity index (χ1n) is 4.62. The summed E-state index contributed by atoms with van der Waals surface area (Å²) in [6, 6.07) is 5.53. The molecular formula is C9H11F3N2O2S. The molecule has 1 rings (SSSR count). The molecule has 96 valence electrons. The summed E-state index contributed by atoms with van der Waals surface area (Å²) in [4.78, 5) is -0.220. The van der Waals surface area contributed by atoms with Crippen LogP contribution in [-0.2, 0) is 10.0 Å². The van der Waals surface area contributed by atoms with Crippen LogP contribution in [0.2, 0.25) is 0 Å². The first-order chi connectivity index (χ1) is 7.70. The third-order valence-corrected chi connectivity index (χ3v) is 2.89. The van der Waals surface area contributed by atoms with Gasteiger partial charge < -0.3 is 5.32 Å². The summed E-state index contributed by atoms with van der Waals surface area (Å²) in [7, 11) is -3.94. The highest BCUT2D eigenvalue weighted by Crippen LogP contribution is 2.22. The highest BCUT2D eigenvalue weighted by molar-refractivity contribution is 7.89. The van der Waals surface area contributed by atoms with Crippen molar-refractivity contribution >= 4 is 15.7 Å². The van der Waals surface area contributed by atoms with Crippen molar-refractivity contribution in [3.63, 3.8) is 0 Å². The minimum atomic E-state index is -4.29. The molecule has 0 fully saturated rings. The minimum Gasteiger partial charge on any atom is -0.384 e. The number of hydrogen-bond donors (Lipinski definition) is 2. The topological polar surface area (TPSA) is 72.2 Å². The van der Waals surface area contributed by atoms with E-state index in [1.807, 2.05) is 0 Å². The van der Waals surface area contributed by atoms with Gasteiger partial charge in [0.1, 0.15) is 4.90 Å². The lowest BCUT2D eigenvalue weighted by molar-refractivity contribution is -0.131. The number of halogens is 3. The van der Waals surface area contributed by atoms with Gasteiger partial charge in [-0.05, 0) is 12.1 Å². The van der Waals surface area contributed by atoms with E-state index in [1.54, 1.807) is 0 Å². The number of sulfonamides is 1. The number of nitrogens with two attached hydrogens (primary N) is 1. The monoisotopic (exact) mass is 268 g/mol. The molecule has 4 nitrogen and oxygen atoms in total. The van der Waals surface area contributed by atoms with Crippen LogP contribution in [0.4, 0.5) is 18.9 Å². The fourth-order valence-corrected chi connectivity index (χ4v) is 1.91. The second kappa shape index (κ2) is 4.92. The Hall–Kier alpha value is -1.28. The van der Waals surface area contributed by atoms with Crippen molar-refractivity contribution in [2.24, 2.45) is 5.14 Å². The molecule has 0 aromatic heterocycles. The lowest BCUT2D eigenvalue weighted by Crippen LogP contribution is -2.18. The Morgan fingerprint density at radius 2 is 1.82 bits per heavy atom. The van der Waals surface area contributed by atoms with E-state index in [1.165, 1.54) is 24.3 Å². The predicted octanol–water partition coefficient (Wildman–Crippen LogP) is 1.70. The molecule has 0 aliphatic heterocycles. The summed E-state index contributed by atoms with van der Waals surface area (Å²) in [5.74, 6) is 0. The van der Waals surface area contributed by atoms with Gasteiger partial charge in [-0.3, -0.25) is 0 Å². The zero-order valence-electron chi connectivity index (χ0n) is 8.66. The number of hydrogen-bond acceptors (Lipinski definition) is 3. The lowest BCUT2D eigenvalue weighted by Gasteiger charge is -2.11. The van der Waals surface area contributed by atoms with Gasteiger partial charge in [-0.25, -0.2) is 13.6 Å². The largest absolute Gasteiger partial charge is 0.390 e. The summed E-state index contributed by atoms with van der Waals surface area (Å²) >= 11 is 0. The van der Waals surface area contributed by atoms with Crippen LogP contribution in [0, 0.1) is 0 Å². The first-order valence-corrected chi connectivity index (χ1v) is 6.17. The molecule has 0 unspecified atom stereocenters. The van der Waals surface area contributed by atoms with Crippen LogP contribution in [0.5, 0.6) is 0 Å². The maximum atomic E-state index is 11.9. The van der Waals surface area contributed by atoms with Crippen molar-refractivity contribution in [2.45, 2.75) is 17.5 Å². The Morgan fingerprint density at radius 1 is 1.24 bits per heavy atom. The number of anilines is 1. The summed E-state index contributed by atoms with van der Waals surface area (Å²) < 4.78 is 58.0. The Morgan fingerprint density at radius 3 is 2.35 bits per heavy atom. The van der Waals surface area contributed by atoms with E-state index < -0.39 is 29.2 Å². The quantitative estimate of drug-likeness (QED) is 0.873. The van der Waals surface area contributed by atoms with Gasteiger partial charge in [-0.15, -0.1) is 0 Å². The van der Waals surface area contributed by atoms with Crippen LogP contribution in [0.3, 0.4) is 0 Å². The maximum Gasteiger partial charge on any atom is 0.390 e. The molecule has 3 N–H and O–H groups in total. The van der Waals surface area contributed by atoms with Gasteiger partial charge in [-0.2, -0.15) is 13.2 Å². The number of alkyl halides is 3. The smallest absolute Gasteiger partial charge is 0.384 e. The van der Waals surface area contributed by atoms with E-state index in [0.717, 1.165) is 0 Å². The lowest BCUT2D eigenvalue weighted by atomic mass is 10.3. The van der Waals surface area contributed by atoms with Gasteiger partial charge in [0.15, 0.2) is 0 Å². The van der Waals surface area contributed by atoms with Crippen LogP contribution in [-0.4, -0.2) is 21.1 Å². The molecule has 0 saturated heterocycles. The van der Waals surface area contributed by atoms with E-state index in [0.29, 0.717) is 0 Å². The van der Waals surface area contributed by atoms with E-state index >= 15 is 0 Å². The molecule has 0 spiro atoms. The number of rotatable bonds is 4. The summed E-state index contributed by atoms with van der Waals surface area (Å²) in [5.41, 5.74) is 0.0688. The van der Waals surface area contributed by atoms with Crippen LogP contribution in [0.25, 0.3) is 0 Å². The highest BCUT2D eigenvalue weighted by Gasteiger charge is 2.26. The van der Waals surface area contributed by atoms with E-state index in [9.17, 15) is 21.6 Å². The van der Waals surface area contributed by atoms with Gasteiger partial charge >= 0.3 is 6.18 Å². The number of para-hydroxylation sites is 1. The maximum absolute atomic E-state index is 11.9. The molecular weight excluding hydrogens is 257 g/mol. The van der Waals surface area contributed by atoms with Crippen molar-refractivity contribution in [2.75, 3.05) is 11.9 Å². The van der Waals surface area contributed by atoms with Crippen molar-refractivity contribution in [1.82, 2.24) is 0 Å². The summed E-state index contributed by atoms with van der Waals surface area (Å²) in [6.45, 7) is -0.407. The molecule has 1 aromatic rings. The molecule has 0 aliphatic carbocycles. The number of benzene rings is 1. The Bertz CT molecular complexity index is 485. The first kappa shape index (κ1) is 13.8. The molecule has 0 amide bonds. The van der Waals surface area contributed by atoms with Crippen LogP contribution in [0.15, 0.2) is 29.2 Å². The molecule has 0 radical (unpaired) electrons. The van der Waals surface area contributed by atoms with Crippen molar-refractivity contribution in [3.8, 4) is 0 Å². The molecule has 0 atom stereocenters. The second-order valence-corrected chi connectivity index (χ2v) is 4.86. The fourth-order valence-electron chi connectivity index (χ4n) is 1.20. The molecule has 17 heavy (non-hydrogen) atoms. The van der Waals surface area contributed by atoms with Crippen LogP contribution < -0.4 is 10.5 Å². The van der Waals surface area contributed by atoms with E-state index in [4.69, 9.17) is 5.14 Å². The molecule has 8 heteroatoms. The van der Waals surface area contributed by atoms with Crippen molar-refractivity contribution in [3.05, 3.63) is 24.3 Å². The third kappa shape index (κ3) is 4.61. The van der Waals surface area contributed by atoms with Crippen molar-refractivity contribution < 1.29 is 21.6 Å². The van der Waals surface area contributed by atoms with Gasteiger partial charge in [-0.1, -0.05) is 12.1 Å². The number of nitrogens with one attached hydrogen (secondary N) is 1. The summed E-state index contributed by atoms with van der Waals surface area (Å²) in [6.07, 6.45) is -5.34. The zero-order chi connectivity index (χ0) is 13.1. The van der Waals surface area contributed by atoms with Gasteiger partial charge in [0.05, 0.1) is 12.1 Å². The Labute approximate surface area is 96.7 Å². The fraction of sp³-hybridized carbons (Fsp3) is 0.333. The highest BCUT2D eigenvalue weighted by atomic mass is 32.2. The molecule has 0 bridgehead atoms. The average molecular weight is 268 g/mol. The van der Waals surface area contributed by atoms with E-state index in [-0.39, 0.29) is 10.6 Å². The normalized spacial score (nSPS) is 12.5. The molecule has 0 heterocycles. The third-order valence-electron chi connectivity index (χ3n) is 1.92. The summed E-state index contributed by atoms with van der Waals surface area (Å²) in [5, 5.41) is 7.32. The van der Waals surface area contributed by atoms with Crippen LogP contribution in [0.1, 0.15) is 6.42 Å². The Kier molecular flexibility index (Phi) is 3.99. The SMILES string of the molecule is NS(=O)(=O)c1ccccc1NCCC(F)(F)F. The van der Waals surface area contributed by atoms with Gasteiger partial charge in [0, 0.05) is 6.54 Å². The zero-order valence-corrected chi connectivity index (χ0v) is 9.48. The molecule has 0 aliphatic rings. The predicted molar refractivity (Wildman–Crippen MR) is 57.0 cm³/mol. The molecule has 1 aromatic carbocycles.